The molecule has 0 saturated carbocycles. The largest absolute Gasteiger partial charge is 0.306 e. The van der Waals surface area contributed by atoms with Gasteiger partial charge in [-0.25, -0.2) is 4.98 Å². The molecule has 0 fully saturated rings. The zero-order valence-corrected chi connectivity index (χ0v) is 17.3. The second-order valence-electron chi connectivity index (χ2n) is 7.00. The van der Waals surface area contributed by atoms with E-state index >= 15 is 0 Å². The van der Waals surface area contributed by atoms with Gasteiger partial charge >= 0.3 is 0 Å². The van der Waals surface area contributed by atoms with Gasteiger partial charge in [0, 0.05) is 23.4 Å². The Hall–Kier alpha value is -4.04. The normalized spacial score (nSPS) is 11.0. The van der Waals surface area contributed by atoms with Crippen LogP contribution >= 0.6 is 11.3 Å². The molecule has 31 heavy (non-hydrogen) atoms. The number of fused-ring (bicyclic) bond motifs is 1. The van der Waals surface area contributed by atoms with E-state index in [-0.39, 0.29) is 17.4 Å². The number of rotatable bonds is 4. The van der Waals surface area contributed by atoms with E-state index in [9.17, 15) is 9.59 Å². The van der Waals surface area contributed by atoms with Crippen molar-refractivity contribution in [1.29, 1.82) is 0 Å². The Morgan fingerprint density at radius 3 is 2.71 bits per heavy atom. The van der Waals surface area contributed by atoms with E-state index in [2.05, 4.69) is 20.4 Å². The van der Waals surface area contributed by atoms with Crippen molar-refractivity contribution in [2.45, 2.75) is 6.92 Å². The summed E-state index contributed by atoms with van der Waals surface area (Å²) in [6.07, 6.45) is 0. The zero-order valence-electron chi connectivity index (χ0n) is 16.5. The molecule has 7 nitrogen and oxygen atoms in total. The SMILES string of the molecule is Cc1cc(=O)[nH]c(-n2nc(-c3cccs3)cc2NC(=O)c2cccc3ccccc23)n1. The summed E-state index contributed by atoms with van der Waals surface area (Å²) in [5, 5.41) is 11.3. The number of thiophene rings is 1. The van der Waals surface area contributed by atoms with Crippen molar-refractivity contribution in [2.24, 2.45) is 0 Å². The highest BCUT2D eigenvalue weighted by atomic mass is 32.1. The molecule has 3 heterocycles. The number of H-pyrrole nitrogens is 1. The maximum atomic E-state index is 13.2. The van der Waals surface area contributed by atoms with Crippen LogP contribution in [0.3, 0.4) is 0 Å². The van der Waals surface area contributed by atoms with Crippen molar-refractivity contribution in [3.05, 3.63) is 93.7 Å². The molecule has 152 valence electrons. The highest BCUT2D eigenvalue weighted by Crippen LogP contribution is 2.28. The monoisotopic (exact) mass is 427 g/mol. The molecule has 5 rings (SSSR count). The lowest BCUT2D eigenvalue weighted by Crippen LogP contribution is -2.19. The topological polar surface area (TPSA) is 92.7 Å². The van der Waals surface area contributed by atoms with Crippen LogP contribution in [-0.2, 0) is 0 Å². The summed E-state index contributed by atoms with van der Waals surface area (Å²) in [5.74, 6) is 0.377. The molecular formula is C23H17N5O2S. The van der Waals surface area contributed by atoms with Gasteiger partial charge in [-0.05, 0) is 35.2 Å². The minimum atomic E-state index is -0.290. The third-order valence-electron chi connectivity index (χ3n) is 4.82. The van der Waals surface area contributed by atoms with E-state index in [4.69, 9.17) is 0 Å². The molecule has 0 atom stereocenters. The first-order chi connectivity index (χ1) is 15.1. The van der Waals surface area contributed by atoms with Gasteiger partial charge in [0.25, 0.3) is 11.5 Å². The zero-order chi connectivity index (χ0) is 21.4. The molecule has 8 heteroatoms. The van der Waals surface area contributed by atoms with Crippen LogP contribution in [0.2, 0.25) is 0 Å². The fourth-order valence-electron chi connectivity index (χ4n) is 3.45. The van der Waals surface area contributed by atoms with Gasteiger partial charge in [0.05, 0.1) is 4.88 Å². The predicted molar refractivity (Wildman–Crippen MR) is 122 cm³/mol. The molecule has 0 saturated heterocycles. The highest BCUT2D eigenvalue weighted by Gasteiger charge is 2.18. The Labute approximate surface area is 181 Å². The van der Waals surface area contributed by atoms with Crippen molar-refractivity contribution in [3.63, 3.8) is 0 Å². The number of hydrogen-bond acceptors (Lipinski definition) is 5. The minimum absolute atomic E-state index is 0.237. The first-order valence-electron chi connectivity index (χ1n) is 9.60. The van der Waals surface area contributed by atoms with E-state index in [0.29, 0.717) is 22.8 Å². The molecule has 2 N–H and O–H groups in total. The number of nitrogens with one attached hydrogen (secondary N) is 2. The standard InChI is InChI=1S/C23H17N5O2S/c1-14-12-21(29)26-23(24-14)28-20(13-18(27-28)19-10-5-11-31-19)25-22(30)17-9-4-7-15-6-2-3-8-16(15)17/h2-13H,1H3,(H,25,30)(H,24,26,29). The maximum Gasteiger partial charge on any atom is 0.257 e. The third-order valence-corrected chi connectivity index (χ3v) is 5.71. The van der Waals surface area contributed by atoms with Crippen molar-refractivity contribution >= 4 is 33.8 Å². The molecule has 0 aliphatic heterocycles. The fourth-order valence-corrected chi connectivity index (χ4v) is 4.13. The summed E-state index contributed by atoms with van der Waals surface area (Å²) in [7, 11) is 0. The summed E-state index contributed by atoms with van der Waals surface area (Å²) in [4.78, 5) is 33.2. The second kappa shape index (κ2) is 7.66. The van der Waals surface area contributed by atoms with Gasteiger partial charge in [-0.15, -0.1) is 11.3 Å². The van der Waals surface area contributed by atoms with E-state index in [1.54, 1.807) is 19.1 Å². The lowest BCUT2D eigenvalue weighted by Gasteiger charge is -2.10. The summed E-state index contributed by atoms with van der Waals surface area (Å²) in [6.45, 7) is 1.73. The summed E-state index contributed by atoms with van der Waals surface area (Å²) >= 11 is 1.54. The van der Waals surface area contributed by atoms with Crippen molar-refractivity contribution in [2.75, 3.05) is 5.32 Å². The number of amides is 1. The lowest BCUT2D eigenvalue weighted by molar-refractivity contribution is 0.102. The Bertz CT molecular complexity index is 1460. The molecule has 0 spiro atoms. The van der Waals surface area contributed by atoms with Gasteiger partial charge in [0.1, 0.15) is 11.5 Å². The fraction of sp³-hybridized carbons (Fsp3) is 0.0435. The maximum absolute atomic E-state index is 13.2. The minimum Gasteiger partial charge on any atom is -0.306 e. The number of aryl methyl sites for hydroxylation is 1. The summed E-state index contributed by atoms with van der Waals surface area (Å²) < 4.78 is 1.45. The van der Waals surface area contributed by atoms with Crippen LogP contribution in [0.15, 0.2) is 76.9 Å². The molecular weight excluding hydrogens is 410 g/mol. The van der Waals surface area contributed by atoms with E-state index in [1.165, 1.54) is 22.1 Å². The molecule has 2 aromatic carbocycles. The molecule has 5 aromatic rings. The van der Waals surface area contributed by atoms with E-state index < -0.39 is 0 Å². The van der Waals surface area contributed by atoms with Gasteiger partial charge in [0.2, 0.25) is 5.95 Å². The third kappa shape index (κ3) is 3.64. The van der Waals surface area contributed by atoms with Crippen molar-refractivity contribution < 1.29 is 4.79 Å². The Kier molecular flexibility index (Phi) is 4.68. The number of hydrogen-bond donors (Lipinski definition) is 2. The first-order valence-corrected chi connectivity index (χ1v) is 10.5. The van der Waals surface area contributed by atoms with Gasteiger partial charge in [-0.2, -0.15) is 9.78 Å². The van der Waals surface area contributed by atoms with Gasteiger partial charge in [0.15, 0.2) is 0 Å². The molecule has 1 amide bonds. The Morgan fingerprint density at radius 2 is 1.90 bits per heavy atom. The Balaban J connectivity index is 1.60. The summed E-state index contributed by atoms with van der Waals surface area (Å²) in [6, 6.07) is 20.4. The number of nitrogens with zero attached hydrogens (tertiary/aromatic N) is 3. The van der Waals surface area contributed by atoms with Crippen molar-refractivity contribution in [3.8, 4) is 16.5 Å². The van der Waals surface area contributed by atoms with Crippen LogP contribution in [0.5, 0.6) is 0 Å². The summed E-state index contributed by atoms with van der Waals surface area (Å²) in [5.41, 5.74) is 1.49. The van der Waals surface area contributed by atoms with Gasteiger partial charge in [-0.1, -0.05) is 42.5 Å². The molecule has 0 bridgehead atoms. The van der Waals surface area contributed by atoms with Crippen LogP contribution in [0.1, 0.15) is 16.1 Å². The number of carbonyl (C=O) groups is 1. The molecule has 3 aromatic heterocycles. The number of aromatic amines is 1. The smallest absolute Gasteiger partial charge is 0.257 e. The van der Waals surface area contributed by atoms with Gasteiger partial charge < -0.3 is 5.32 Å². The van der Waals surface area contributed by atoms with E-state index in [0.717, 1.165) is 15.6 Å². The van der Waals surface area contributed by atoms with Crippen LogP contribution < -0.4 is 10.9 Å². The molecule has 0 radical (unpaired) electrons. The number of benzene rings is 2. The number of anilines is 1. The van der Waals surface area contributed by atoms with Crippen LogP contribution in [-0.4, -0.2) is 25.7 Å². The highest BCUT2D eigenvalue weighted by molar-refractivity contribution is 7.13. The first kappa shape index (κ1) is 19.0. The second-order valence-corrected chi connectivity index (χ2v) is 7.94. The average Bonchev–Trinajstić information content (AvgIpc) is 3.42. The molecule has 0 aliphatic rings. The van der Waals surface area contributed by atoms with Crippen LogP contribution in [0.4, 0.5) is 5.82 Å². The van der Waals surface area contributed by atoms with Gasteiger partial charge in [-0.3, -0.25) is 14.6 Å². The van der Waals surface area contributed by atoms with Crippen LogP contribution in [0.25, 0.3) is 27.3 Å². The molecule has 0 unspecified atom stereocenters. The molecule has 0 aliphatic carbocycles. The predicted octanol–water partition coefficient (Wildman–Crippen LogP) is 4.40. The van der Waals surface area contributed by atoms with Crippen molar-refractivity contribution in [1.82, 2.24) is 19.7 Å². The Morgan fingerprint density at radius 1 is 1.06 bits per heavy atom. The number of aromatic nitrogens is 4. The van der Waals surface area contributed by atoms with Crippen LogP contribution in [0, 0.1) is 6.92 Å². The quantitative estimate of drug-likeness (QED) is 0.445. The van der Waals surface area contributed by atoms with E-state index in [1.807, 2.05) is 53.9 Å². The lowest BCUT2D eigenvalue weighted by atomic mass is 10.0. The number of carbonyl (C=O) groups excluding carboxylic acids is 1. The average molecular weight is 427 g/mol.